The molecule has 0 bridgehead atoms. The van der Waals surface area contributed by atoms with E-state index in [0.717, 1.165) is 0 Å². The number of carbonyl (C=O) groups is 2. The Balaban J connectivity index is -0.000000284. The minimum atomic E-state index is -4.31. The summed E-state index contributed by atoms with van der Waals surface area (Å²) in [5.74, 6) is -0.144. The zero-order chi connectivity index (χ0) is 19.1. The Morgan fingerprint density at radius 2 is 1.17 bits per heavy atom. The number of hydrogen-bond donors (Lipinski definition) is 2. The molecule has 0 aromatic rings. The van der Waals surface area contributed by atoms with Gasteiger partial charge in [-0.2, -0.15) is 10.5 Å². The van der Waals surface area contributed by atoms with Crippen molar-refractivity contribution in [2.45, 2.75) is 66.6 Å². The summed E-state index contributed by atoms with van der Waals surface area (Å²) in [6, 6.07) is 3.44. The van der Waals surface area contributed by atoms with Crippen LogP contribution in [-0.2, 0) is 34.4 Å². The molecule has 0 aliphatic heterocycles. The number of hydrogen-bond acceptors (Lipinski definition) is 8. The van der Waals surface area contributed by atoms with E-state index in [4.69, 9.17) is 24.5 Å². The maximum atomic E-state index is 9.82. The van der Waals surface area contributed by atoms with E-state index in [2.05, 4.69) is 0 Å². The normalized spacial score (nSPS) is 9.74. The summed E-state index contributed by atoms with van der Waals surface area (Å²) in [5.41, 5.74) is 0. The van der Waals surface area contributed by atoms with E-state index < -0.39 is 18.1 Å². The predicted octanol–water partition coefficient (Wildman–Crippen LogP) is 1.61. The van der Waals surface area contributed by atoms with Gasteiger partial charge in [-0.3, -0.25) is 9.59 Å². The van der Waals surface area contributed by atoms with Gasteiger partial charge >= 0.3 is 72.1 Å². The predicted molar refractivity (Wildman–Crippen MR) is 78.7 cm³/mol. The third-order valence-electron chi connectivity index (χ3n) is 1.43. The van der Waals surface area contributed by atoms with Crippen LogP contribution in [0.15, 0.2) is 0 Å². The van der Waals surface area contributed by atoms with Gasteiger partial charge in [0.25, 0.3) is 0 Å². The van der Waals surface area contributed by atoms with Crippen molar-refractivity contribution in [2.24, 2.45) is 0 Å². The van der Waals surface area contributed by atoms with E-state index in [0.29, 0.717) is 0 Å². The molecule has 0 aromatic heterocycles. The molecule has 0 saturated carbocycles. The van der Waals surface area contributed by atoms with Crippen molar-refractivity contribution >= 4 is 11.6 Å². The van der Waals surface area contributed by atoms with Crippen LogP contribution in [0.4, 0.5) is 0 Å². The van der Waals surface area contributed by atoms with Crippen LogP contribution >= 0.6 is 0 Å². The maximum absolute atomic E-state index is 9.82. The minimum absolute atomic E-state index is 0.0417. The third kappa shape index (κ3) is 33.6. The molecule has 0 atom stereocenters. The fraction of sp³-hybridized carbons (Fsp3) is 0.714. The molecule has 0 amide bonds. The number of carbonyl (C=O) groups excluding carboxylic acids is 2. The molecule has 0 rings (SSSR count). The zero-order valence-corrected chi connectivity index (χ0v) is 16.1. The molecule has 0 heterocycles. The van der Waals surface area contributed by atoms with Crippen LogP contribution in [0.2, 0.25) is 0 Å². The molecule has 0 fully saturated rings. The molecule has 0 aliphatic rings. The first-order chi connectivity index (χ1) is 10.4. The monoisotopic (exact) mass is 366 g/mol. The van der Waals surface area contributed by atoms with Crippen LogP contribution in [0.3, 0.4) is 0 Å². The van der Waals surface area contributed by atoms with E-state index in [9.17, 15) is 9.59 Å². The van der Waals surface area contributed by atoms with E-state index in [1.54, 1.807) is 39.8 Å². The summed E-state index contributed by atoms with van der Waals surface area (Å²) in [5, 5.41) is 15.5. The molecular weight excluding hydrogens is 340 g/mol. The van der Waals surface area contributed by atoms with E-state index in [1.807, 2.05) is 0 Å². The van der Waals surface area contributed by atoms with Crippen LogP contribution < -0.4 is 0 Å². The van der Waals surface area contributed by atoms with E-state index >= 15 is 0 Å². The summed E-state index contributed by atoms with van der Waals surface area (Å²) in [6.45, 7) is 9.71. The van der Waals surface area contributed by atoms with Crippen molar-refractivity contribution in [3.8, 4) is 12.1 Å². The number of rotatable bonds is 6. The van der Waals surface area contributed by atoms with Gasteiger partial charge in [-0.25, -0.2) is 0 Å². The van der Waals surface area contributed by atoms with Gasteiger partial charge in [-0.15, -0.1) is 0 Å². The van der Waals surface area contributed by atoms with Gasteiger partial charge in [-0.1, -0.05) is 0 Å². The molecule has 0 aromatic carbocycles. The molecule has 0 unspecified atom stereocenters. The molecule has 0 spiro atoms. The Morgan fingerprint density at radius 1 is 0.913 bits per heavy atom. The summed E-state index contributed by atoms with van der Waals surface area (Å²) in [6.07, 6.45) is -0.326. The van der Waals surface area contributed by atoms with Crippen molar-refractivity contribution in [2.75, 3.05) is 0 Å². The third-order valence-corrected chi connectivity index (χ3v) is 3.87. The second-order valence-corrected chi connectivity index (χ2v) is 7.40. The molecule has 9 heteroatoms. The average molecular weight is 366 g/mol. The fourth-order valence-electron chi connectivity index (χ4n) is 0.865. The first kappa shape index (κ1) is 26.8. The van der Waals surface area contributed by atoms with E-state index in [-0.39, 0.29) is 36.6 Å². The Kier molecular flexibility index (Phi) is 18.3. The summed E-state index contributed by atoms with van der Waals surface area (Å²) in [7, 11) is 0. The summed E-state index contributed by atoms with van der Waals surface area (Å²) in [4.78, 5) is 19.6. The molecule has 132 valence electrons. The summed E-state index contributed by atoms with van der Waals surface area (Å²) < 4.78 is 28.0. The fourth-order valence-corrected chi connectivity index (χ4v) is 2.87. The van der Waals surface area contributed by atoms with Gasteiger partial charge in [0.1, 0.15) is 11.6 Å². The second kappa shape index (κ2) is 15.8. The number of ketones is 2. The molecule has 8 nitrogen and oxygen atoms in total. The molecule has 2 N–H and O–H groups in total. The van der Waals surface area contributed by atoms with Crippen molar-refractivity contribution in [1.29, 1.82) is 10.5 Å². The average Bonchev–Trinajstić information content (AvgIpc) is 2.25. The Labute approximate surface area is 142 Å². The Bertz CT molecular complexity index is 386. The Morgan fingerprint density at radius 3 is 1.26 bits per heavy atom. The standard InChI is InChI=1S/2C4H5NO.2C3H7O.2H2O.Ti/c2*1-4(6)2-3-5;2*1-3(2)4;;;/h2*2H2,1H3;2*3H,1-2H3;2*1H2;/q;;2*-1;;;+4/p-2. The van der Waals surface area contributed by atoms with Crippen LogP contribution in [0.1, 0.15) is 54.4 Å². The number of nitriles is 2. The molecule has 0 radical (unpaired) electrons. The van der Waals surface area contributed by atoms with Crippen molar-refractivity contribution < 1.29 is 41.7 Å². The zero-order valence-electron chi connectivity index (χ0n) is 14.5. The van der Waals surface area contributed by atoms with Crippen LogP contribution in [0.25, 0.3) is 0 Å². The van der Waals surface area contributed by atoms with Crippen LogP contribution in [0, 0.1) is 22.7 Å². The van der Waals surface area contributed by atoms with Crippen LogP contribution in [0.5, 0.6) is 0 Å². The number of Topliss-reactive ketones (excluding diaryl/α,β-unsaturated/α-hetero) is 2. The topological polar surface area (TPSA) is 141 Å². The first-order valence-electron chi connectivity index (χ1n) is 6.91. The van der Waals surface area contributed by atoms with Crippen molar-refractivity contribution in [3.63, 3.8) is 0 Å². The van der Waals surface area contributed by atoms with Gasteiger partial charge < -0.3 is 0 Å². The molecular formula is C14H26N2O6Ti. The van der Waals surface area contributed by atoms with Crippen molar-refractivity contribution in [3.05, 3.63) is 0 Å². The van der Waals surface area contributed by atoms with Crippen molar-refractivity contribution in [1.82, 2.24) is 0 Å². The quantitative estimate of drug-likeness (QED) is 0.676. The first-order valence-corrected chi connectivity index (χ1v) is 9.58. The second-order valence-electron chi connectivity index (χ2n) is 4.96. The van der Waals surface area contributed by atoms with Gasteiger partial charge in [0.15, 0.2) is 0 Å². The molecule has 0 aliphatic carbocycles. The molecule has 0 saturated heterocycles. The van der Waals surface area contributed by atoms with Crippen LogP contribution in [-0.4, -0.2) is 31.2 Å². The number of nitrogens with zero attached hydrogens (tertiary/aromatic N) is 2. The van der Waals surface area contributed by atoms with Gasteiger partial charge in [0.2, 0.25) is 0 Å². The van der Waals surface area contributed by atoms with E-state index in [1.165, 1.54) is 13.8 Å². The summed E-state index contributed by atoms with van der Waals surface area (Å²) >= 11 is -4.31. The molecule has 23 heavy (non-hydrogen) atoms. The van der Waals surface area contributed by atoms with Gasteiger partial charge in [0, 0.05) is 0 Å². The van der Waals surface area contributed by atoms with Gasteiger partial charge in [-0.05, 0) is 13.8 Å². The SMILES string of the molecule is CC(=O)CC#N.CC(=O)CC#N.CC(C)[O][Ti]([OH])([OH])[O]C(C)C. The van der Waals surface area contributed by atoms with Gasteiger partial charge in [0.05, 0.1) is 25.0 Å². The Hall–Kier alpha value is -1.13.